The summed E-state index contributed by atoms with van der Waals surface area (Å²) < 4.78 is 7.11. The van der Waals surface area contributed by atoms with Crippen molar-refractivity contribution in [3.8, 4) is 0 Å². The molecule has 0 aromatic carbocycles. The number of quaternary nitrogens is 1. The minimum absolute atomic E-state index is 0.0591. The number of fused-ring (bicyclic) bond motifs is 3. The summed E-state index contributed by atoms with van der Waals surface area (Å²) in [5.41, 5.74) is -1.52. The van der Waals surface area contributed by atoms with Gasteiger partial charge in [-0.15, -0.1) is 22.7 Å². The SMILES string of the molecule is O=C(CCC[N+]12CCC(CC1)[C@@H](OC(=O)[C@](O)(c1cccs1)C1CCCC1)C2)c1cccs1. The van der Waals surface area contributed by atoms with Crippen LogP contribution in [0.1, 0.15) is 65.9 Å². The van der Waals surface area contributed by atoms with Crippen LogP contribution in [0.4, 0.5) is 0 Å². The zero-order chi connectivity index (χ0) is 22.9. The van der Waals surface area contributed by atoms with E-state index in [4.69, 9.17) is 4.74 Å². The first-order chi connectivity index (χ1) is 16.0. The Kier molecular flexibility index (Phi) is 6.76. The van der Waals surface area contributed by atoms with E-state index in [2.05, 4.69) is 0 Å². The molecule has 3 saturated heterocycles. The Hall–Kier alpha value is -1.54. The molecule has 1 N–H and O–H groups in total. The molecule has 1 aliphatic carbocycles. The first kappa shape index (κ1) is 23.2. The molecule has 33 heavy (non-hydrogen) atoms. The van der Waals surface area contributed by atoms with Gasteiger partial charge in [0.15, 0.2) is 17.5 Å². The maximum atomic E-state index is 13.5. The van der Waals surface area contributed by atoms with Crippen molar-refractivity contribution in [3.63, 3.8) is 0 Å². The van der Waals surface area contributed by atoms with Crippen molar-refractivity contribution in [2.45, 2.75) is 63.1 Å². The smallest absolute Gasteiger partial charge is 0.344 e. The van der Waals surface area contributed by atoms with Gasteiger partial charge in [0.2, 0.25) is 0 Å². The molecular weight excluding hydrogens is 454 g/mol. The van der Waals surface area contributed by atoms with Crippen molar-refractivity contribution in [2.24, 2.45) is 11.8 Å². The molecule has 6 rings (SSSR count). The van der Waals surface area contributed by atoms with Crippen molar-refractivity contribution in [1.29, 1.82) is 0 Å². The van der Waals surface area contributed by atoms with Gasteiger partial charge in [-0.25, -0.2) is 4.79 Å². The highest BCUT2D eigenvalue weighted by Gasteiger charge is 2.53. The third kappa shape index (κ3) is 4.57. The second kappa shape index (κ2) is 9.61. The molecule has 4 fully saturated rings. The maximum Gasteiger partial charge on any atom is 0.344 e. The minimum atomic E-state index is -1.52. The van der Waals surface area contributed by atoms with Crippen LogP contribution in [-0.4, -0.2) is 53.6 Å². The van der Waals surface area contributed by atoms with Crippen LogP contribution in [0.2, 0.25) is 0 Å². The molecule has 7 heteroatoms. The Morgan fingerprint density at radius 3 is 2.45 bits per heavy atom. The molecule has 2 atom stereocenters. The molecule has 2 aromatic heterocycles. The number of Topliss-reactive ketones (excluding diaryl/α,β-unsaturated/α-hetero) is 1. The maximum absolute atomic E-state index is 13.5. The fourth-order valence-electron chi connectivity index (χ4n) is 6.34. The number of ether oxygens (including phenoxy) is 1. The normalized spacial score (nSPS) is 29.1. The number of ketones is 1. The average Bonchev–Trinajstić information content (AvgIpc) is 3.62. The third-order valence-corrected chi connectivity index (χ3v) is 10.2. The number of thiophene rings is 2. The lowest BCUT2D eigenvalue weighted by atomic mass is 9.82. The molecular formula is C26H34NO4S2+. The number of hydrogen-bond acceptors (Lipinski definition) is 6. The fraction of sp³-hybridized carbons (Fsp3) is 0.615. The van der Waals surface area contributed by atoms with Gasteiger partial charge in [0, 0.05) is 42.4 Å². The Labute approximate surface area is 204 Å². The highest BCUT2D eigenvalue weighted by Crippen LogP contribution is 2.44. The minimum Gasteiger partial charge on any atom is -0.454 e. The van der Waals surface area contributed by atoms with E-state index in [1.54, 1.807) is 0 Å². The van der Waals surface area contributed by atoms with E-state index in [1.165, 1.54) is 22.7 Å². The predicted molar refractivity (Wildman–Crippen MR) is 130 cm³/mol. The number of nitrogens with zero attached hydrogens (tertiary/aromatic N) is 1. The van der Waals surface area contributed by atoms with Gasteiger partial charge >= 0.3 is 5.97 Å². The van der Waals surface area contributed by atoms with Gasteiger partial charge in [0.1, 0.15) is 6.54 Å². The highest BCUT2D eigenvalue weighted by molar-refractivity contribution is 7.12. The number of aliphatic hydroxyl groups is 1. The van der Waals surface area contributed by atoms with Gasteiger partial charge in [-0.2, -0.15) is 0 Å². The van der Waals surface area contributed by atoms with Crippen LogP contribution in [0, 0.1) is 11.8 Å². The summed E-state index contributed by atoms with van der Waals surface area (Å²) in [6.45, 7) is 3.97. The molecule has 5 heterocycles. The molecule has 0 amide bonds. The van der Waals surface area contributed by atoms with Crippen LogP contribution in [-0.2, 0) is 15.1 Å². The van der Waals surface area contributed by atoms with Gasteiger partial charge in [0.25, 0.3) is 0 Å². The number of carbonyl (C=O) groups is 2. The molecule has 3 aliphatic heterocycles. The first-order valence-electron chi connectivity index (χ1n) is 12.4. The van der Waals surface area contributed by atoms with Crippen molar-refractivity contribution in [3.05, 3.63) is 44.8 Å². The van der Waals surface area contributed by atoms with Gasteiger partial charge in [-0.3, -0.25) is 4.79 Å². The number of piperidine rings is 3. The summed E-state index contributed by atoms with van der Waals surface area (Å²) >= 11 is 2.96. The number of carbonyl (C=O) groups excluding carboxylic acids is 2. The molecule has 4 aliphatic rings. The van der Waals surface area contributed by atoms with Gasteiger partial charge in [-0.1, -0.05) is 25.0 Å². The van der Waals surface area contributed by atoms with Crippen molar-refractivity contribution < 1.29 is 23.9 Å². The second-order valence-electron chi connectivity index (χ2n) is 10.2. The standard InChI is InChI=1S/C26H34NO4S2/c28-21(23-9-4-16-32-23)8-3-13-27-14-11-19(12-15-27)22(18-27)31-25(29)26(30,20-6-1-2-7-20)24-10-5-17-33-24/h4-5,9-10,16-17,19-20,22,30H,1-3,6-8,11-15,18H2/q+1/t19?,22-,26+,27?/m0/s1. The summed E-state index contributed by atoms with van der Waals surface area (Å²) in [5, 5.41) is 15.6. The Morgan fingerprint density at radius 1 is 1.06 bits per heavy atom. The summed E-state index contributed by atoms with van der Waals surface area (Å²) in [7, 11) is 0. The molecule has 0 spiro atoms. The van der Waals surface area contributed by atoms with Gasteiger partial charge < -0.3 is 14.3 Å². The van der Waals surface area contributed by atoms with E-state index in [-0.39, 0.29) is 17.8 Å². The van der Waals surface area contributed by atoms with E-state index < -0.39 is 11.6 Å². The van der Waals surface area contributed by atoms with E-state index in [9.17, 15) is 14.7 Å². The third-order valence-electron chi connectivity index (χ3n) is 8.29. The zero-order valence-electron chi connectivity index (χ0n) is 19.1. The van der Waals surface area contributed by atoms with E-state index in [0.717, 1.165) is 85.4 Å². The largest absolute Gasteiger partial charge is 0.454 e. The van der Waals surface area contributed by atoms with Crippen LogP contribution >= 0.6 is 22.7 Å². The lowest BCUT2D eigenvalue weighted by molar-refractivity contribution is -0.946. The number of hydrogen-bond donors (Lipinski definition) is 1. The van der Waals surface area contributed by atoms with E-state index in [1.807, 2.05) is 35.0 Å². The molecule has 178 valence electrons. The summed E-state index contributed by atoms with van der Waals surface area (Å²) in [6.07, 6.45) is 7.27. The van der Waals surface area contributed by atoms with Crippen LogP contribution in [0.15, 0.2) is 35.0 Å². The zero-order valence-corrected chi connectivity index (χ0v) is 20.8. The monoisotopic (exact) mass is 488 g/mol. The summed E-state index contributed by atoms with van der Waals surface area (Å²) in [4.78, 5) is 27.5. The quantitative estimate of drug-likeness (QED) is 0.306. The van der Waals surface area contributed by atoms with Crippen molar-refractivity contribution in [2.75, 3.05) is 26.2 Å². The second-order valence-corrected chi connectivity index (χ2v) is 12.1. The Morgan fingerprint density at radius 2 is 1.79 bits per heavy atom. The van der Waals surface area contributed by atoms with Crippen LogP contribution in [0.25, 0.3) is 0 Å². The molecule has 2 bridgehead atoms. The highest BCUT2D eigenvalue weighted by atomic mass is 32.1. The molecule has 0 unspecified atom stereocenters. The van der Waals surface area contributed by atoms with Crippen molar-refractivity contribution >= 4 is 34.4 Å². The van der Waals surface area contributed by atoms with E-state index in [0.29, 0.717) is 12.3 Å². The number of esters is 1. The summed E-state index contributed by atoms with van der Waals surface area (Å²) in [5.74, 6) is 0.117. The summed E-state index contributed by atoms with van der Waals surface area (Å²) in [6, 6.07) is 7.61. The lowest BCUT2D eigenvalue weighted by Gasteiger charge is -2.52. The average molecular weight is 489 g/mol. The molecule has 5 nitrogen and oxygen atoms in total. The molecule has 0 radical (unpaired) electrons. The van der Waals surface area contributed by atoms with Crippen LogP contribution in [0.3, 0.4) is 0 Å². The van der Waals surface area contributed by atoms with Crippen LogP contribution in [0.5, 0.6) is 0 Å². The number of rotatable bonds is 9. The lowest BCUT2D eigenvalue weighted by Crippen LogP contribution is -2.65. The molecule has 1 saturated carbocycles. The molecule has 2 aromatic rings. The van der Waals surface area contributed by atoms with Crippen molar-refractivity contribution in [1.82, 2.24) is 0 Å². The topological polar surface area (TPSA) is 63.6 Å². The Balaban J connectivity index is 1.24. The van der Waals surface area contributed by atoms with Crippen LogP contribution < -0.4 is 0 Å². The fourth-order valence-corrected chi connectivity index (χ4v) is 7.92. The Bertz CT molecular complexity index is 943. The predicted octanol–water partition coefficient (Wildman–Crippen LogP) is 5.00. The van der Waals surface area contributed by atoms with E-state index >= 15 is 0 Å². The first-order valence-corrected chi connectivity index (χ1v) is 14.2. The van der Waals surface area contributed by atoms with Gasteiger partial charge in [0.05, 0.1) is 24.5 Å². The van der Waals surface area contributed by atoms with Gasteiger partial charge in [-0.05, 0) is 35.7 Å².